The lowest BCUT2D eigenvalue weighted by atomic mass is 10.1. The summed E-state index contributed by atoms with van der Waals surface area (Å²) in [5.74, 6) is -3.39. The summed E-state index contributed by atoms with van der Waals surface area (Å²) in [6, 6.07) is 19.0. The van der Waals surface area contributed by atoms with E-state index in [1.165, 1.54) is 42.5 Å². The second kappa shape index (κ2) is 13.1. The topological polar surface area (TPSA) is 213 Å². The van der Waals surface area contributed by atoms with E-state index in [1.54, 1.807) is 12.1 Å². The van der Waals surface area contributed by atoms with Crippen molar-refractivity contribution in [2.45, 2.75) is 12.5 Å². The predicted molar refractivity (Wildman–Crippen MR) is 137 cm³/mol. The molecular formula is C26H23N5O8. The molecule has 4 rings (SSSR count). The minimum atomic E-state index is -1.28. The van der Waals surface area contributed by atoms with Gasteiger partial charge in [-0.05, 0) is 42.5 Å². The van der Waals surface area contributed by atoms with Gasteiger partial charge in [-0.15, -0.1) is 0 Å². The molecule has 3 aromatic carbocycles. The molecule has 1 unspecified atom stereocenters. The number of amides is 2. The number of azo groups is 1. The molecule has 3 aromatic rings. The highest BCUT2D eigenvalue weighted by molar-refractivity contribution is 5.98. The number of carboxylic acids is 2. The summed E-state index contributed by atoms with van der Waals surface area (Å²) in [5.41, 5.74) is 6.77. The van der Waals surface area contributed by atoms with Gasteiger partial charge in [0.25, 0.3) is 17.8 Å². The van der Waals surface area contributed by atoms with E-state index in [4.69, 9.17) is 20.7 Å². The van der Waals surface area contributed by atoms with Crippen molar-refractivity contribution in [2.75, 3.05) is 6.54 Å². The number of hydrogen-bond donors (Lipinski definition) is 5. The van der Waals surface area contributed by atoms with Crippen LogP contribution in [-0.4, -0.2) is 51.6 Å². The largest absolute Gasteiger partial charge is 0.507 e. The molecule has 0 spiro atoms. The molecular weight excluding hydrogens is 510 g/mol. The number of amidine groups is 1. The van der Waals surface area contributed by atoms with Gasteiger partial charge in [0, 0.05) is 17.7 Å². The normalized spacial score (nSPS) is 14.1. The second-order valence-electron chi connectivity index (χ2n) is 7.85. The van der Waals surface area contributed by atoms with Gasteiger partial charge in [-0.25, -0.2) is 4.79 Å². The molecule has 0 aliphatic carbocycles. The fraction of sp³-hybridized carbons (Fsp3) is 0.115. The van der Waals surface area contributed by atoms with Crippen LogP contribution < -0.4 is 11.1 Å². The van der Waals surface area contributed by atoms with Crippen LogP contribution in [0, 0.1) is 0 Å². The van der Waals surface area contributed by atoms with Crippen LogP contribution in [0.25, 0.3) is 0 Å². The average molecular weight is 533 g/mol. The first-order valence-electron chi connectivity index (χ1n) is 11.3. The van der Waals surface area contributed by atoms with Gasteiger partial charge in [-0.2, -0.15) is 15.2 Å². The van der Waals surface area contributed by atoms with Crippen molar-refractivity contribution >= 4 is 41.1 Å². The van der Waals surface area contributed by atoms with Gasteiger partial charge in [0.15, 0.2) is 0 Å². The van der Waals surface area contributed by atoms with Crippen molar-refractivity contribution in [3.63, 3.8) is 0 Å². The van der Waals surface area contributed by atoms with Gasteiger partial charge in [-0.3, -0.25) is 14.4 Å². The third-order valence-corrected chi connectivity index (χ3v) is 5.03. The number of aliphatic carboxylic acids is 1. The Hall–Kier alpha value is -5.59. The highest BCUT2D eigenvalue weighted by Crippen LogP contribution is 2.25. The summed E-state index contributed by atoms with van der Waals surface area (Å²) in [6.07, 6.45) is -0.815. The van der Waals surface area contributed by atoms with E-state index in [2.05, 4.69) is 20.5 Å². The van der Waals surface area contributed by atoms with Crippen LogP contribution in [-0.2, 0) is 14.3 Å². The van der Waals surface area contributed by atoms with E-state index in [9.17, 15) is 24.3 Å². The molecule has 1 heterocycles. The first-order valence-corrected chi connectivity index (χ1v) is 11.3. The van der Waals surface area contributed by atoms with Gasteiger partial charge in [-0.1, -0.05) is 30.3 Å². The Morgan fingerprint density at radius 1 is 0.949 bits per heavy atom. The number of nitrogens with two attached hydrogens (primary N) is 1. The number of phenols is 1. The number of nitrogens with one attached hydrogen (secondary N) is 1. The number of aromatic carboxylic acids is 1. The van der Waals surface area contributed by atoms with Crippen LogP contribution in [0.4, 0.5) is 11.4 Å². The van der Waals surface area contributed by atoms with E-state index in [-0.39, 0.29) is 41.9 Å². The molecule has 1 atom stereocenters. The van der Waals surface area contributed by atoms with Crippen LogP contribution in [0.3, 0.4) is 0 Å². The van der Waals surface area contributed by atoms with E-state index in [0.717, 1.165) is 5.56 Å². The standard InChI is InChI=1S/C17H15N3O6.C9H8N2O2/c21-14-6-5-12(9-13(14)17(25)26)20-19-11-3-1-10(2-4-11)16(24)18-8-7-15(22)23;10-9-11-8(12)7(13-9)6-4-2-1-3-5-6/h1-6,9,21H,7-8H2,(H,18,24)(H,22,23)(H,25,26);1-5,7H,(H2,10,11,12)/b20-19+;. The number of ether oxygens (including phenoxy) is 1. The Kier molecular flexibility index (Phi) is 9.40. The fourth-order valence-corrected chi connectivity index (χ4v) is 3.14. The summed E-state index contributed by atoms with van der Waals surface area (Å²) < 4.78 is 5.04. The summed E-state index contributed by atoms with van der Waals surface area (Å²) >= 11 is 0. The molecule has 200 valence electrons. The van der Waals surface area contributed by atoms with Gasteiger partial charge >= 0.3 is 11.9 Å². The Morgan fingerprint density at radius 2 is 1.59 bits per heavy atom. The van der Waals surface area contributed by atoms with Crippen molar-refractivity contribution in [3.05, 3.63) is 89.5 Å². The maximum Gasteiger partial charge on any atom is 0.339 e. The van der Waals surface area contributed by atoms with Crippen molar-refractivity contribution in [1.82, 2.24) is 5.32 Å². The van der Waals surface area contributed by atoms with E-state index in [0.29, 0.717) is 11.3 Å². The first-order chi connectivity index (χ1) is 18.6. The Labute approximate surface area is 221 Å². The minimum absolute atomic E-state index is 0.0301. The van der Waals surface area contributed by atoms with Gasteiger partial charge < -0.3 is 31.1 Å². The average Bonchev–Trinajstić information content (AvgIpc) is 3.26. The number of aromatic hydroxyl groups is 1. The summed E-state index contributed by atoms with van der Waals surface area (Å²) in [7, 11) is 0. The lowest BCUT2D eigenvalue weighted by Gasteiger charge is -2.07. The summed E-state index contributed by atoms with van der Waals surface area (Å²) in [6.45, 7) is 0.0301. The third kappa shape index (κ3) is 8.21. The number of benzene rings is 3. The molecule has 6 N–H and O–H groups in total. The van der Waals surface area contributed by atoms with Crippen LogP contribution in [0.2, 0.25) is 0 Å². The first kappa shape index (κ1) is 28.0. The Balaban J connectivity index is 0.000000268. The zero-order valence-corrected chi connectivity index (χ0v) is 20.2. The molecule has 0 bridgehead atoms. The molecule has 13 nitrogen and oxygen atoms in total. The molecule has 0 saturated carbocycles. The van der Waals surface area contributed by atoms with Crippen molar-refractivity contribution < 1.29 is 39.2 Å². The Bertz CT molecular complexity index is 1420. The Morgan fingerprint density at radius 3 is 2.18 bits per heavy atom. The molecule has 1 aliphatic heterocycles. The highest BCUT2D eigenvalue weighted by atomic mass is 16.5. The molecule has 0 aromatic heterocycles. The number of rotatable bonds is 8. The molecule has 0 fully saturated rings. The smallest absolute Gasteiger partial charge is 0.339 e. The zero-order valence-electron chi connectivity index (χ0n) is 20.2. The molecule has 13 heteroatoms. The van der Waals surface area contributed by atoms with Gasteiger partial charge in [0.1, 0.15) is 11.3 Å². The minimum Gasteiger partial charge on any atom is -0.507 e. The molecule has 2 amide bonds. The second-order valence-corrected chi connectivity index (χ2v) is 7.85. The lowest BCUT2D eigenvalue weighted by molar-refractivity contribution is -0.136. The third-order valence-electron chi connectivity index (χ3n) is 5.03. The lowest BCUT2D eigenvalue weighted by Crippen LogP contribution is -2.25. The number of aliphatic imine (C=N–C) groups is 1. The molecule has 0 saturated heterocycles. The van der Waals surface area contributed by atoms with Crippen LogP contribution >= 0.6 is 0 Å². The van der Waals surface area contributed by atoms with Crippen molar-refractivity contribution in [3.8, 4) is 5.75 Å². The van der Waals surface area contributed by atoms with Crippen LogP contribution in [0.1, 0.15) is 38.8 Å². The number of carbonyl (C=O) groups is 4. The predicted octanol–water partition coefficient (Wildman–Crippen LogP) is 3.31. The highest BCUT2D eigenvalue weighted by Gasteiger charge is 2.28. The fourth-order valence-electron chi connectivity index (χ4n) is 3.14. The van der Waals surface area contributed by atoms with Crippen molar-refractivity contribution in [2.24, 2.45) is 21.0 Å². The SMILES string of the molecule is NC1=NC(=O)C(c2ccccc2)O1.O=C(O)CCNC(=O)c1ccc(/N=N/c2ccc(O)c(C(=O)O)c2)cc1. The summed E-state index contributed by atoms with van der Waals surface area (Å²) in [5, 5.41) is 37.2. The molecule has 1 aliphatic rings. The van der Waals surface area contributed by atoms with E-state index < -0.39 is 23.9 Å². The zero-order chi connectivity index (χ0) is 28.4. The number of carbonyl (C=O) groups excluding carboxylic acids is 2. The van der Waals surface area contributed by atoms with Crippen LogP contribution in [0.15, 0.2) is 88.0 Å². The van der Waals surface area contributed by atoms with Gasteiger partial charge in [0.05, 0.1) is 17.8 Å². The number of nitrogens with zero attached hydrogens (tertiary/aromatic N) is 3. The van der Waals surface area contributed by atoms with Gasteiger partial charge in [0.2, 0.25) is 6.10 Å². The molecule has 39 heavy (non-hydrogen) atoms. The monoisotopic (exact) mass is 533 g/mol. The quantitative estimate of drug-likeness (QED) is 0.268. The summed E-state index contributed by atoms with van der Waals surface area (Å²) in [4.78, 5) is 47.9. The maximum absolute atomic E-state index is 11.8. The number of hydrogen-bond acceptors (Lipinski definition) is 9. The molecule has 0 radical (unpaired) electrons. The number of carboxylic acid groups (broad SMARTS) is 2. The maximum atomic E-state index is 11.8. The van der Waals surface area contributed by atoms with E-state index in [1.807, 2.05) is 18.2 Å². The van der Waals surface area contributed by atoms with Crippen LogP contribution in [0.5, 0.6) is 5.75 Å². The van der Waals surface area contributed by atoms with E-state index >= 15 is 0 Å². The van der Waals surface area contributed by atoms with Crippen molar-refractivity contribution in [1.29, 1.82) is 0 Å².